The third-order valence-electron chi connectivity index (χ3n) is 3.17. The molecule has 1 aliphatic rings. The summed E-state index contributed by atoms with van der Waals surface area (Å²) in [6.07, 6.45) is 3.45. The summed E-state index contributed by atoms with van der Waals surface area (Å²) in [4.78, 5) is 0. The Morgan fingerprint density at radius 2 is 2.19 bits per heavy atom. The molecule has 0 aromatic rings. The maximum Gasteiger partial charge on any atom is 0.151 e. The van der Waals surface area contributed by atoms with Gasteiger partial charge in [-0.05, 0) is 26.2 Å². The van der Waals surface area contributed by atoms with Gasteiger partial charge in [0, 0.05) is 11.6 Å². The predicted molar refractivity (Wildman–Crippen MR) is 65.2 cm³/mol. The molecule has 1 aliphatic heterocycles. The molecule has 0 aromatic carbocycles. The maximum absolute atomic E-state index is 11.5. The quantitative estimate of drug-likeness (QED) is 0.753. The fourth-order valence-corrected chi connectivity index (χ4v) is 4.01. The number of hydrogen-bond acceptors (Lipinski definition) is 4. The van der Waals surface area contributed by atoms with E-state index in [9.17, 15) is 13.5 Å². The molecule has 1 rings (SSSR count). The van der Waals surface area contributed by atoms with Gasteiger partial charge in [-0.25, -0.2) is 8.42 Å². The van der Waals surface area contributed by atoms with Crippen LogP contribution in [0.2, 0.25) is 0 Å². The lowest BCUT2D eigenvalue weighted by atomic mass is 9.95. The molecule has 5 heteroatoms. The number of aliphatic hydroxyl groups excluding tert-OH is 1. The van der Waals surface area contributed by atoms with Crippen molar-refractivity contribution in [2.75, 3.05) is 18.1 Å². The zero-order valence-corrected chi connectivity index (χ0v) is 11.0. The fourth-order valence-electron chi connectivity index (χ4n) is 2.38. The topological polar surface area (TPSA) is 66.4 Å². The zero-order chi connectivity index (χ0) is 12.2. The molecule has 0 aliphatic carbocycles. The van der Waals surface area contributed by atoms with Crippen molar-refractivity contribution >= 4 is 9.84 Å². The Kier molecular flexibility index (Phi) is 4.76. The largest absolute Gasteiger partial charge is 0.394 e. The van der Waals surface area contributed by atoms with Crippen LogP contribution in [-0.2, 0) is 9.84 Å². The summed E-state index contributed by atoms with van der Waals surface area (Å²) in [5, 5.41) is 12.7. The van der Waals surface area contributed by atoms with Crippen molar-refractivity contribution in [3.05, 3.63) is 0 Å². The van der Waals surface area contributed by atoms with Crippen molar-refractivity contribution in [2.24, 2.45) is 0 Å². The van der Waals surface area contributed by atoms with Gasteiger partial charge >= 0.3 is 0 Å². The van der Waals surface area contributed by atoms with E-state index in [1.807, 2.05) is 6.92 Å². The summed E-state index contributed by atoms with van der Waals surface area (Å²) < 4.78 is 23.0. The lowest BCUT2D eigenvalue weighted by Crippen LogP contribution is -2.54. The summed E-state index contributed by atoms with van der Waals surface area (Å²) in [6.45, 7) is 4.07. The monoisotopic (exact) mass is 249 g/mol. The van der Waals surface area contributed by atoms with Gasteiger partial charge in [0.05, 0.1) is 18.1 Å². The molecular weight excluding hydrogens is 226 g/mol. The van der Waals surface area contributed by atoms with Gasteiger partial charge in [0.15, 0.2) is 9.84 Å². The van der Waals surface area contributed by atoms with Crippen LogP contribution in [0.4, 0.5) is 0 Å². The summed E-state index contributed by atoms with van der Waals surface area (Å²) >= 11 is 0. The molecule has 0 amide bonds. The van der Waals surface area contributed by atoms with Crippen LogP contribution in [-0.4, -0.2) is 43.2 Å². The van der Waals surface area contributed by atoms with Gasteiger partial charge in [-0.1, -0.05) is 13.3 Å². The SMILES string of the molecule is CCCC(C)(CO)NC1CCCS(=O)(=O)C1. The van der Waals surface area contributed by atoms with Crippen LogP contribution in [0.5, 0.6) is 0 Å². The highest BCUT2D eigenvalue weighted by Crippen LogP contribution is 2.18. The predicted octanol–water partition coefficient (Wildman–Crippen LogP) is 0.704. The number of nitrogens with one attached hydrogen (secondary N) is 1. The Labute approximate surface area is 98.4 Å². The second-order valence-electron chi connectivity index (χ2n) is 5.07. The van der Waals surface area contributed by atoms with Crippen molar-refractivity contribution in [1.82, 2.24) is 5.32 Å². The van der Waals surface area contributed by atoms with Crippen LogP contribution in [0.15, 0.2) is 0 Å². The van der Waals surface area contributed by atoms with Crippen molar-refractivity contribution in [3.8, 4) is 0 Å². The highest BCUT2D eigenvalue weighted by atomic mass is 32.2. The van der Waals surface area contributed by atoms with Crippen LogP contribution in [0, 0.1) is 0 Å². The van der Waals surface area contributed by atoms with E-state index in [2.05, 4.69) is 12.2 Å². The first-order valence-electron chi connectivity index (χ1n) is 6.00. The van der Waals surface area contributed by atoms with Crippen LogP contribution < -0.4 is 5.32 Å². The zero-order valence-electron chi connectivity index (χ0n) is 10.2. The molecule has 4 nitrogen and oxygen atoms in total. The van der Waals surface area contributed by atoms with E-state index >= 15 is 0 Å². The third kappa shape index (κ3) is 4.03. The highest BCUT2D eigenvalue weighted by molar-refractivity contribution is 7.91. The Morgan fingerprint density at radius 3 is 2.69 bits per heavy atom. The van der Waals surface area contributed by atoms with Gasteiger partial charge in [-0.3, -0.25) is 0 Å². The molecule has 0 aromatic heterocycles. The molecule has 2 unspecified atom stereocenters. The van der Waals surface area contributed by atoms with Crippen molar-refractivity contribution in [3.63, 3.8) is 0 Å². The van der Waals surface area contributed by atoms with Crippen LogP contribution in [0.1, 0.15) is 39.5 Å². The molecule has 0 spiro atoms. The molecule has 16 heavy (non-hydrogen) atoms. The second-order valence-corrected chi connectivity index (χ2v) is 7.30. The van der Waals surface area contributed by atoms with E-state index < -0.39 is 9.84 Å². The smallest absolute Gasteiger partial charge is 0.151 e. The van der Waals surface area contributed by atoms with Gasteiger partial charge in [-0.2, -0.15) is 0 Å². The van der Waals surface area contributed by atoms with Crippen molar-refractivity contribution in [2.45, 2.75) is 51.1 Å². The first kappa shape index (κ1) is 13.9. The number of sulfone groups is 1. The first-order valence-corrected chi connectivity index (χ1v) is 7.82. The number of aliphatic hydroxyl groups is 1. The highest BCUT2D eigenvalue weighted by Gasteiger charge is 2.30. The van der Waals surface area contributed by atoms with E-state index in [4.69, 9.17) is 0 Å². The van der Waals surface area contributed by atoms with Crippen LogP contribution in [0.25, 0.3) is 0 Å². The fraction of sp³-hybridized carbons (Fsp3) is 1.00. The molecule has 96 valence electrons. The standard InChI is InChI=1S/C11H23NO3S/c1-3-6-11(2,9-13)12-10-5-4-7-16(14,15)8-10/h10,12-13H,3-9H2,1-2H3. The minimum absolute atomic E-state index is 0.00227. The van der Waals surface area contributed by atoms with Crippen molar-refractivity contribution in [1.29, 1.82) is 0 Å². The van der Waals surface area contributed by atoms with Crippen molar-refractivity contribution < 1.29 is 13.5 Å². The molecule has 1 heterocycles. The Hall–Kier alpha value is -0.130. The summed E-state index contributed by atoms with van der Waals surface area (Å²) in [5.74, 6) is 0.529. The Morgan fingerprint density at radius 1 is 1.50 bits per heavy atom. The van der Waals surface area contributed by atoms with E-state index in [0.29, 0.717) is 5.75 Å². The lowest BCUT2D eigenvalue weighted by Gasteiger charge is -2.35. The number of hydrogen-bond donors (Lipinski definition) is 2. The first-order chi connectivity index (χ1) is 7.41. The second kappa shape index (κ2) is 5.47. The van der Waals surface area contributed by atoms with Gasteiger partial charge < -0.3 is 10.4 Å². The molecule has 1 fully saturated rings. The van der Waals surface area contributed by atoms with Gasteiger partial charge in [0.2, 0.25) is 0 Å². The molecule has 0 radical (unpaired) electrons. The maximum atomic E-state index is 11.5. The average Bonchev–Trinajstić information content (AvgIpc) is 2.16. The third-order valence-corrected chi connectivity index (χ3v) is 4.99. The van der Waals surface area contributed by atoms with Crippen LogP contribution in [0.3, 0.4) is 0 Å². The van der Waals surface area contributed by atoms with E-state index in [0.717, 1.165) is 25.7 Å². The lowest BCUT2D eigenvalue weighted by molar-refractivity contribution is 0.151. The molecule has 0 bridgehead atoms. The molecule has 0 saturated carbocycles. The molecule has 2 atom stereocenters. The van der Waals surface area contributed by atoms with E-state index in [1.54, 1.807) is 0 Å². The van der Waals surface area contributed by atoms with E-state index in [1.165, 1.54) is 0 Å². The van der Waals surface area contributed by atoms with E-state index in [-0.39, 0.29) is 23.9 Å². The Balaban J connectivity index is 2.58. The van der Waals surface area contributed by atoms with Gasteiger partial charge in [-0.15, -0.1) is 0 Å². The summed E-state index contributed by atoms with van der Waals surface area (Å²) in [6, 6.07) is 0.00227. The normalized spacial score (nSPS) is 28.6. The summed E-state index contributed by atoms with van der Waals surface area (Å²) in [7, 11) is -2.87. The minimum atomic E-state index is -2.87. The van der Waals surface area contributed by atoms with Gasteiger partial charge in [0.1, 0.15) is 0 Å². The molecule has 2 N–H and O–H groups in total. The minimum Gasteiger partial charge on any atom is -0.394 e. The Bertz CT molecular complexity index is 315. The average molecular weight is 249 g/mol. The van der Waals surface area contributed by atoms with Gasteiger partial charge in [0.25, 0.3) is 0 Å². The molecule has 1 saturated heterocycles. The molecular formula is C11H23NO3S. The van der Waals surface area contributed by atoms with Crippen LogP contribution >= 0.6 is 0 Å². The summed E-state index contributed by atoms with van der Waals surface area (Å²) in [5.41, 5.74) is -0.341. The number of rotatable bonds is 5.